The Bertz CT molecular complexity index is 429. The maximum atomic E-state index is 12.6. The summed E-state index contributed by atoms with van der Waals surface area (Å²) >= 11 is 0. The molecule has 0 spiro atoms. The molecule has 7 nitrogen and oxygen atoms in total. The highest BCUT2D eigenvalue weighted by molar-refractivity contribution is 6.06. The first-order valence-corrected chi connectivity index (χ1v) is 8.76. The summed E-state index contributed by atoms with van der Waals surface area (Å²) in [5.41, 5.74) is 0. The van der Waals surface area contributed by atoms with E-state index >= 15 is 0 Å². The third-order valence-electron chi connectivity index (χ3n) is 4.62. The molecule has 2 aliphatic heterocycles. The highest BCUT2D eigenvalue weighted by atomic mass is 16.5. The lowest BCUT2D eigenvalue weighted by Gasteiger charge is -2.20. The number of fused-ring (bicyclic) bond motifs is 1. The molecule has 0 bridgehead atoms. The Morgan fingerprint density at radius 3 is 2.29 bits per heavy atom. The molecule has 2 rings (SSSR count). The number of amides is 2. The third kappa shape index (κ3) is 4.33. The maximum absolute atomic E-state index is 12.6. The molecule has 0 N–H and O–H groups in total. The van der Waals surface area contributed by atoms with Gasteiger partial charge in [-0.1, -0.05) is 13.3 Å². The van der Waals surface area contributed by atoms with E-state index in [1.807, 2.05) is 6.92 Å². The van der Waals surface area contributed by atoms with Gasteiger partial charge in [0.15, 0.2) is 0 Å². The van der Waals surface area contributed by atoms with E-state index in [4.69, 9.17) is 18.9 Å². The molecule has 24 heavy (non-hydrogen) atoms. The van der Waals surface area contributed by atoms with Crippen LogP contribution in [0.15, 0.2) is 0 Å². The molecular formula is C17H29NO6. The number of carbonyl (C=O) groups excluding carboxylic acids is 2. The SMILES string of the molecule is CCCC1OC(C)C2C(=O)N(CCOCCOCCOC)C(=O)C12. The Kier molecular flexibility index (Phi) is 7.61. The molecule has 0 aromatic heterocycles. The zero-order chi connectivity index (χ0) is 17.5. The average molecular weight is 343 g/mol. The summed E-state index contributed by atoms with van der Waals surface area (Å²) in [5.74, 6) is -0.861. The molecule has 0 aromatic carbocycles. The number of imide groups is 1. The van der Waals surface area contributed by atoms with Crippen LogP contribution in [0.4, 0.5) is 0 Å². The van der Waals surface area contributed by atoms with Crippen LogP contribution >= 0.6 is 0 Å². The second kappa shape index (κ2) is 9.46. The zero-order valence-corrected chi connectivity index (χ0v) is 14.9. The Labute approximate surface area is 143 Å². The molecule has 2 saturated heterocycles. The van der Waals surface area contributed by atoms with Gasteiger partial charge in [-0.2, -0.15) is 0 Å². The first-order valence-electron chi connectivity index (χ1n) is 8.76. The molecule has 4 atom stereocenters. The average Bonchev–Trinajstić information content (AvgIpc) is 3.01. The quantitative estimate of drug-likeness (QED) is 0.409. The van der Waals surface area contributed by atoms with Crippen molar-refractivity contribution in [3.63, 3.8) is 0 Å². The predicted molar refractivity (Wildman–Crippen MR) is 86.5 cm³/mol. The van der Waals surface area contributed by atoms with Gasteiger partial charge < -0.3 is 18.9 Å². The minimum atomic E-state index is -0.327. The first kappa shape index (κ1) is 19.3. The zero-order valence-electron chi connectivity index (χ0n) is 14.9. The number of rotatable bonds is 11. The summed E-state index contributed by atoms with van der Waals surface area (Å²) < 4.78 is 21.4. The number of methoxy groups -OCH3 is 1. The van der Waals surface area contributed by atoms with Crippen LogP contribution in [0.25, 0.3) is 0 Å². The van der Waals surface area contributed by atoms with Crippen molar-refractivity contribution in [3.8, 4) is 0 Å². The van der Waals surface area contributed by atoms with Crippen LogP contribution in [0, 0.1) is 11.8 Å². The van der Waals surface area contributed by atoms with Crippen molar-refractivity contribution in [1.82, 2.24) is 4.90 Å². The second-order valence-electron chi connectivity index (χ2n) is 6.27. The van der Waals surface area contributed by atoms with Crippen LogP contribution in [0.5, 0.6) is 0 Å². The minimum absolute atomic E-state index is 0.104. The van der Waals surface area contributed by atoms with Crippen LogP contribution in [-0.4, -0.2) is 75.6 Å². The van der Waals surface area contributed by atoms with E-state index in [2.05, 4.69) is 6.92 Å². The standard InChI is InChI=1S/C17H29NO6/c1-4-5-13-15-14(12(2)24-13)16(19)18(17(15)20)6-7-22-10-11-23-9-8-21-3/h12-15H,4-11H2,1-3H3. The van der Waals surface area contributed by atoms with Crippen molar-refractivity contribution >= 4 is 11.8 Å². The molecule has 7 heteroatoms. The number of nitrogens with zero attached hydrogens (tertiary/aromatic N) is 1. The fourth-order valence-corrected chi connectivity index (χ4v) is 3.48. The lowest BCUT2D eigenvalue weighted by Crippen LogP contribution is -2.38. The number of carbonyl (C=O) groups is 2. The molecule has 138 valence electrons. The fourth-order valence-electron chi connectivity index (χ4n) is 3.48. The molecule has 0 saturated carbocycles. The molecule has 0 aliphatic carbocycles. The summed E-state index contributed by atoms with van der Waals surface area (Å²) in [6, 6.07) is 0. The van der Waals surface area contributed by atoms with Crippen LogP contribution in [0.3, 0.4) is 0 Å². The highest BCUT2D eigenvalue weighted by Crippen LogP contribution is 2.41. The van der Waals surface area contributed by atoms with Gasteiger partial charge in [-0.15, -0.1) is 0 Å². The van der Waals surface area contributed by atoms with E-state index in [1.165, 1.54) is 4.90 Å². The van der Waals surface area contributed by atoms with E-state index in [-0.39, 0.29) is 35.9 Å². The molecular weight excluding hydrogens is 314 g/mol. The largest absolute Gasteiger partial charge is 0.382 e. The van der Waals surface area contributed by atoms with Gasteiger partial charge in [0.1, 0.15) is 0 Å². The van der Waals surface area contributed by atoms with E-state index in [9.17, 15) is 9.59 Å². The van der Waals surface area contributed by atoms with Crippen molar-refractivity contribution < 1.29 is 28.5 Å². The summed E-state index contributed by atoms with van der Waals surface area (Å²) in [5, 5.41) is 0. The number of likely N-dealkylation sites (tertiary alicyclic amines) is 1. The first-order chi connectivity index (χ1) is 11.6. The van der Waals surface area contributed by atoms with Gasteiger partial charge in [-0.25, -0.2) is 0 Å². The van der Waals surface area contributed by atoms with Crippen molar-refractivity contribution in [2.45, 2.75) is 38.9 Å². The van der Waals surface area contributed by atoms with Gasteiger partial charge in [0.25, 0.3) is 0 Å². The van der Waals surface area contributed by atoms with Gasteiger partial charge in [-0.3, -0.25) is 14.5 Å². The summed E-state index contributed by atoms with van der Waals surface area (Å²) in [7, 11) is 1.62. The topological polar surface area (TPSA) is 74.3 Å². The van der Waals surface area contributed by atoms with Gasteiger partial charge in [0.2, 0.25) is 11.8 Å². The molecule has 2 aliphatic rings. The second-order valence-corrected chi connectivity index (χ2v) is 6.27. The van der Waals surface area contributed by atoms with Crippen LogP contribution in [-0.2, 0) is 28.5 Å². The van der Waals surface area contributed by atoms with Gasteiger partial charge >= 0.3 is 0 Å². The Balaban J connectivity index is 1.74. The van der Waals surface area contributed by atoms with Crippen molar-refractivity contribution in [3.05, 3.63) is 0 Å². The monoisotopic (exact) mass is 343 g/mol. The normalized spacial score (nSPS) is 29.5. The number of ether oxygens (including phenoxy) is 4. The third-order valence-corrected chi connectivity index (χ3v) is 4.62. The van der Waals surface area contributed by atoms with Crippen LogP contribution < -0.4 is 0 Å². The summed E-state index contributed by atoms with van der Waals surface area (Å²) in [4.78, 5) is 26.5. The van der Waals surface area contributed by atoms with Crippen molar-refractivity contribution in [1.29, 1.82) is 0 Å². The fraction of sp³-hybridized carbons (Fsp3) is 0.882. The van der Waals surface area contributed by atoms with Gasteiger partial charge in [-0.05, 0) is 13.3 Å². The Morgan fingerprint density at radius 2 is 1.62 bits per heavy atom. The van der Waals surface area contributed by atoms with Crippen molar-refractivity contribution in [2.75, 3.05) is 46.7 Å². The van der Waals surface area contributed by atoms with E-state index in [0.717, 1.165) is 12.8 Å². The number of hydrogen-bond donors (Lipinski definition) is 0. The van der Waals surface area contributed by atoms with E-state index in [1.54, 1.807) is 7.11 Å². The molecule has 2 heterocycles. The number of hydrogen-bond acceptors (Lipinski definition) is 6. The lowest BCUT2D eigenvalue weighted by molar-refractivity contribution is -0.144. The molecule has 0 radical (unpaired) electrons. The van der Waals surface area contributed by atoms with Crippen molar-refractivity contribution in [2.24, 2.45) is 11.8 Å². The van der Waals surface area contributed by atoms with E-state index < -0.39 is 0 Å². The minimum Gasteiger partial charge on any atom is -0.382 e. The molecule has 4 unspecified atom stereocenters. The smallest absolute Gasteiger partial charge is 0.235 e. The maximum Gasteiger partial charge on any atom is 0.235 e. The summed E-state index contributed by atoms with van der Waals surface area (Å²) in [6.07, 6.45) is 1.43. The lowest BCUT2D eigenvalue weighted by atomic mass is 9.88. The highest BCUT2D eigenvalue weighted by Gasteiger charge is 2.57. The van der Waals surface area contributed by atoms with E-state index in [0.29, 0.717) is 39.6 Å². The Hall–Kier alpha value is -1.02. The Morgan fingerprint density at radius 1 is 1.00 bits per heavy atom. The van der Waals surface area contributed by atoms with Gasteiger partial charge in [0.05, 0.1) is 63.6 Å². The molecule has 2 amide bonds. The molecule has 0 aromatic rings. The predicted octanol–water partition coefficient (Wildman–Crippen LogP) is 0.855. The van der Waals surface area contributed by atoms with Crippen LogP contribution in [0.2, 0.25) is 0 Å². The van der Waals surface area contributed by atoms with Gasteiger partial charge in [0, 0.05) is 7.11 Å². The molecule has 2 fully saturated rings. The van der Waals surface area contributed by atoms with Crippen LogP contribution in [0.1, 0.15) is 26.7 Å². The summed E-state index contributed by atoms with van der Waals surface area (Å²) in [6.45, 7) is 6.57.